The Morgan fingerprint density at radius 1 is 1.22 bits per heavy atom. The monoisotopic (exact) mass is 374 g/mol. The molecule has 0 atom stereocenters. The van der Waals surface area contributed by atoms with Gasteiger partial charge < -0.3 is 20.5 Å². The molecule has 0 aromatic heterocycles. The van der Waals surface area contributed by atoms with Crippen molar-refractivity contribution < 1.29 is 9.47 Å². The highest BCUT2D eigenvalue weighted by atomic mass is 16.5. The van der Waals surface area contributed by atoms with Crippen LogP contribution in [0.15, 0.2) is 29.3 Å². The van der Waals surface area contributed by atoms with Gasteiger partial charge in [0, 0.05) is 50.0 Å². The number of benzene rings is 1. The van der Waals surface area contributed by atoms with Gasteiger partial charge in [-0.1, -0.05) is 37.5 Å². The highest BCUT2D eigenvalue weighted by molar-refractivity contribution is 5.93. The number of guanidine groups is 1. The Morgan fingerprint density at radius 3 is 2.70 bits per heavy atom. The first kappa shape index (κ1) is 20.1. The third-order valence-electron chi connectivity index (χ3n) is 5.74. The van der Waals surface area contributed by atoms with E-state index in [0.29, 0.717) is 12.6 Å². The molecule has 6 heteroatoms. The van der Waals surface area contributed by atoms with Crippen molar-refractivity contribution in [2.75, 3.05) is 51.8 Å². The zero-order valence-corrected chi connectivity index (χ0v) is 16.6. The van der Waals surface area contributed by atoms with Gasteiger partial charge in [0.25, 0.3) is 0 Å². The molecule has 6 nitrogen and oxygen atoms in total. The first-order chi connectivity index (χ1) is 13.2. The number of methoxy groups -OCH3 is 1. The lowest BCUT2D eigenvalue weighted by Gasteiger charge is -2.41. The highest BCUT2D eigenvalue weighted by Gasteiger charge is 2.34. The van der Waals surface area contributed by atoms with Gasteiger partial charge in [0.05, 0.1) is 19.8 Å². The molecule has 0 radical (unpaired) electrons. The minimum atomic E-state index is 0.244. The van der Waals surface area contributed by atoms with Crippen LogP contribution in [0.4, 0.5) is 5.69 Å². The molecule has 150 valence electrons. The van der Waals surface area contributed by atoms with E-state index in [9.17, 15) is 0 Å². The second-order valence-corrected chi connectivity index (χ2v) is 7.87. The summed E-state index contributed by atoms with van der Waals surface area (Å²) in [5, 5.41) is 3.27. The Labute approximate surface area is 163 Å². The fourth-order valence-corrected chi connectivity index (χ4v) is 4.26. The molecule has 1 saturated heterocycles. The van der Waals surface area contributed by atoms with Crippen molar-refractivity contribution in [3.05, 3.63) is 29.8 Å². The smallest absolute Gasteiger partial charge is 0.193 e. The minimum Gasteiger partial charge on any atom is -0.380 e. The number of nitrogens with two attached hydrogens (primary N) is 1. The van der Waals surface area contributed by atoms with Gasteiger partial charge in [-0.3, -0.25) is 9.89 Å². The normalized spacial score (nSPS) is 21.1. The van der Waals surface area contributed by atoms with Crippen LogP contribution in [-0.2, 0) is 16.1 Å². The average molecular weight is 375 g/mol. The van der Waals surface area contributed by atoms with Crippen LogP contribution in [0.2, 0.25) is 0 Å². The Balaban J connectivity index is 1.64. The minimum absolute atomic E-state index is 0.244. The van der Waals surface area contributed by atoms with Gasteiger partial charge in [-0.15, -0.1) is 0 Å². The Bertz CT molecular complexity index is 608. The van der Waals surface area contributed by atoms with Crippen molar-refractivity contribution in [3.63, 3.8) is 0 Å². The molecule has 2 fully saturated rings. The second-order valence-electron chi connectivity index (χ2n) is 7.87. The van der Waals surface area contributed by atoms with E-state index >= 15 is 0 Å². The number of nitrogens with one attached hydrogen (secondary N) is 1. The predicted octanol–water partition coefficient (Wildman–Crippen LogP) is 2.84. The summed E-state index contributed by atoms with van der Waals surface area (Å²) in [7, 11) is 1.70. The van der Waals surface area contributed by atoms with E-state index in [1.807, 2.05) is 24.3 Å². The number of ether oxygens (including phenoxy) is 2. The lowest BCUT2D eigenvalue weighted by Crippen LogP contribution is -2.46. The van der Waals surface area contributed by atoms with Gasteiger partial charge in [-0.25, -0.2) is 0 Å². The number of para-hydroxylation sites is 1. The molecule has 2 aliphatic rings. The highest BCUT2D eigenvalue weighted by Crippen LogP contribution is 2.37. The zero-order chi connectivity index (χ0) is 19.0. The standard InChI is InChI=1S/C21H34N4O2/c1-26-15-18-7-3-4-8-19(18)24-20(22)23-16-21(9-5-2-6-10-21)17-25-11-13-27-14-12-25/h3-4,7-8H,2,5-6,9-17H2,1H3,(H3,22,23,24). The Hall–Kier alpha value is -1.63. The first-order valence-electron chi connectivity index (χ1n) is 10.1. The Morgan fingerprint density at radius 2 is 1.96 bits per heavy atom. The van der Waals surface area contributed by atoms with Crippen molar-refractivity contribution in [2.24, 2.45) is 16.1 Å². The van der Waals surface area contributed by atoms with Crippen LogP contribution in [0.1, 0.15) is 37.7 Å². The van der Waals surface area contributed by atoms with Gasteiger partial charge in [0.2, 0.25) is 0 Å². The van der Waals surface area contributed by atoms with Crippen LogP contribution in [0, 0.1) is 5.41 Å². The summed E-state index contributed by atoms with van der Waals surface area (Å²) < 4.78 is 10.8. The maximum atomic E-state index is 6.24. The molecule has 0 amide bonds. The van der Waals surface area contributed by atoms with Crippen molar-refractivity contribution in [1.82, 2.24) is 4.90 Å². The number of rotatable bonds is 7. The molecule has 0 bridgehead atoms. The molecule has 1 aliphatic carbocycles. The first-order valence-corrected chi connectivity index (χ1v) is 10.1. The second kappa shape index (κ2) is 10.1. The van der Waals surface area contributed by atoms with E-state index in [0.717, 1.165) is 50.6 Å². The molecule has 1 aliphatic heterocycles. The summed E-state index contributed by atoms with van der Waals surface area (Å²) in [6.45, 7) is 6.20. The van der Waals surface area contributed by atoms with Crippen LogP contribution in [0.5, 0.6) is 0 Å². The summed E-state index contributed by atoms with van der Waals surface area (Å²) >= 11 is 0. The summed E-state index contributed by atoms with van der Waals surface area (Å²) in [5.74, 6) is 0.491. The largest absolute Gasteiger partial charge is 0.380 e. The van der Waals surface area contributed by atoms with Crippen LogP contribution in [0.3, 0.4) is 0 Å². The number of morpholine rings is 1. The average Bonchev–Trinajstić information content (AvgIpc) is 2.70. The van der Waals surface area contributed by atoms with E-state index < -0.39 is 0 Å². The topological polar surface area (TPSA) is 72.1 Å². The predicted molar refractivity (Wildman–Crippen MR) is 110 cm³/mol. The van der Waals surface area contributed by atoms with Gasteiger partial charge in [-0.2, -0.15) is 0 Å². The van der Waals surface area contributed by atoms with E-state index in [4.69, 9.17) is 20.2 Å². The van der Waals surface area contributed by atoms with Crippen LogP contribution in [0.25, 0.3) is 0 Å². The quantitative estimate of drug-likeness (QED) is 0.567. The molecule has 1 aromatic carbocycles. The number of hydrogen-bond acceptors (Lipinski definition) is 4. The van der Waals surface area contributed by atoms with Crippen LogP contribution >= 0.6 is 0 Å². The molecule has 1 saturated carbocycles. The molecule has 0 spiro atoms. The SMILES string of the molecule is COCc1ccccc1NC(N)=NCC1(CN2CCOCC2)CCCCC1. The number of aliphatic imine (C=N–C) groups is 1. The summed E-state index contributed by atoms with van der Waals surface area (Å²) in [5.41, 5.74) is 8.54. The summed E-state index contributed by atoms with van der Waals surface area (Å²) in [6.07, 6.45) is 6.41. The maximum absolute atomic E-state index is 6.24. The van der Waals surface area contributed by atoms with Crippen molar-refractivity contribution in [3.8, 4) is 0 Å². The van der Waals surface area contributed by atoms with E-state index in [1.54, 1.807) is 7.11 Å². The van der Waals surface area contributed by atoms with Crippen LogP contribution in [-0.4, -0.2) is 57.4 Å². The van der Waals surface area contributed by atoms with E-state index in [-0.39, 0.29) is 5.41 Å². The molecule has 1 heterocycles. The summed E-state index contributed by atoms with van der Waals surface area (Å²) in [4.78, 5) is 7.31. The molecule has 3 N–H and O–H groups in total. The number of nitrogens with zero attached hydrogens (tertiary/aromatic N) is 2. The van der Waals surface area contributed by atoms with E-state index in [2.05, 4.69) is 10.2 Å². The molecule has 3 rings (SSSR count). The molecule has 0 unspecified atom stereocenters. The van der Waals surface area contributed by atoms with Gasteiger partial charge in [-0.05, 0) is 18.9 Å². The fraction of sp³-hybridized carbons (Fsp3) is 0.667. The molecule has 27 heavy (non-hydrogen) atoms. The molecular weight excluding hydrogens is 340 g/mol. The molecular formula is C21H34N4O2. The third-order valence-corrected chi connectivity index (χ3v) is 5.74. The number of anilines is 1. The fourth-order valence-electron chi connectivity index (χ4n) is 4.26. The van der Waals surface area contributed by atoms with Gasteiger partial charge >= 0.3 is 0 Å². The Kier molecular flexibility index (Phi) is 7.50. The van der Waals surface area contributed by atoms with E-state index in [1.165, 1.54) is 32.1 Å². The maximum Gasteiger partial charge on any atom is 0.193 e. The lowest BCUT2D eigenvalue weighted by molar-refractivity contribution is 0.00940. The van der Waals surface area contributed by atoms with Crippen molar-refractivity contribution in [1.29, 1.82) is 0 Å². The third kappa shape index (κ3) is 5.92. The van der Waals surface area contributed by atoms with Crippen LogP contribution < -0.4 is 11.1 Å². The molecule has 1 aromatic rings. The zero-order valence-electron chi connectivity index (χ0n) is 16.6. The van der Waals surface area contributed by atoms with Crippen molar-refractivity contribution >= 4 is 11.6 Å². The van der Waals surface area contributed by atoms with Crippen molar-refractivity contribution in [2.45, 2.75) is 38.7 Å². The van der Waals surface area contributed by atoms with Gasteiger partial charge in [0.15, 0.2) is 5.96 Å². The summed E-state index contributed by atoms with van der Waals surface area (Å²) in [6, 6.07) is 8.06. The number of hydrogen-bond donors (Lipinski definition) is 2. The lowest BCUT2D eigenvalue weighted by atomic mass is 9.73. The van der Waals surface area contributed by atoms with Gasteiger partial charge in [0.1, 0.15) is 0 Å².